The van der Waals surface area contributed by atoms with Gasteiger partial charge in [0.1, 0.15) is 6.61 Å². The Bertz CT molecular complexity index is 1090. The van der Waals surface area contributed by atoms with Crippen molar-refractivity contribution in [3.63, 3.8) is 0 Å². The highest BCUT2D eigenvalue weighted by atomic mass is 31.2. The molecule has 0 spiro atoms. The molecule has 1 unspecified atom stereocenters. The zero-order valence-electron chi connectivity index (χ0n) is 34.9. The molecule has 0 radical (unpaired) electrons. The summed E-state index contributed by atoms with van der Waals surface area (Å²) >= 11 is 0. The largest absolute Gasteiger partial charge is 0.472 e. The predicted molar refractivity (Wildman–Crippen MR) is 229 cm³/mol. The molecule has 3 N–H and O–H groups in total. The first-order valence-corrected chi connectivity index (χ1v) is 23.3. The molecule has 9 nitrogen and oxygen atoms in total. The van der Waals surface area contributed by atoms with E-state index in [9.17, 15) is 19.0 Å². The number of unbranched alkanes of at least 4 members (excludes halogenated alkanes) is 17. The van der Waals surface area contributed by atoms with Crippen LogP contribution >= 0.6 is 7.82 Å². The van der Waals surface area contributed by atoms with Gasteiger partial charge in [-0.3, -0.25) is 18.6 Å². The van der Waals surface area contributed by atoms with Gasteiger partial charge in [0.15, 0.2) is 6.10 Å². The van der Waals surface area contributed by atoms with E-state index in [0.717, 1.165) is 57.8 Å². The summed E-state index contributed by atoms with van der Waals surface area (Å²) in [6.07, 6.45) is 48.3. The molecule has 0 bridgehead atoms. The third kappa shape index (κ3) is 41.2. The summed E-state index contributed by atoms with van der Waals surface area (Å²) in [5.74, 6) is -0.882. The van der Waals surface area contributed by atoms with E-state index in [0.29, 0.717) is 12.8 Å². The van der Waals surface area contributed by atoms with E-state index in [-0.39, 0.29) is 32.6 Å². The SMILES string of the molecule is CC/C=C\C/C=C\C/C=C\C/C=C\CCCCC(=O)OC[C@H](COP(=O)(O)OCCN)OC(=O)CCCCCCCCCCC/C=C\CCCCCCCC. The number of phosphoric ester groups is 1. The van der Waals surface area contributed by atoms with Crippen LogP contribution in [0.25, 0.3) is 0 Å². The highest BCUT2D eigenvalue weighted by molar-refractivity contribution is 7.47. The monoisotopic (exact) mass is 794 g/mol. The number of esters is 2. The fourth-order valence-corrected chi connectivity index (χ4v) is 6.44. The van der Waals surface area contributed by atoms with Gasteiger partial charge >= 0.3 is 19.8 Å². The molecule has 0 saturated carbocycles. The van der Waals surface area contributed by atoms with Crippen molar-refractivity contribution in [3.8, 4) is 0 Å². The topological polar surface area (TPSA) is 134 Å². The minimum atomic E-state index is -4.39. The van der Waals surface area contributed by atoms with Gasteiger partial charge in [-0.2, -0.15) is 0 Å². The maximum atomic E-state index is 12.6. The van der Waals surface area contributed by atoms with E-state index in [2.05, 4.69) is 74.6 Å². The molecule has 0 aliphatic rings. The van der Waals surface area contributed by atoms with Crippen LogP contribution in [-0.4, -0.2) is 49.3 Å². The first-order valence-electron chi connectivity index (χ1n) is 21.8. The van der Waals surface area contributed by atoms with Crippen molar-refractivity contribution in [1.82, 2.24) is 0 Å². The summed E-state index contributed by atoms with van der Waals surface area (Å²) in [6, 6.07) is 0. The van der Waals surface area contributed by atoms with Gasteiger partial charge in [0.2, 0.25) is 0 Å². The molecule has 2 atom stereocenters. The summed E-state index contributed by atoms with van der Waals surface area (Å²) in [5.41, 5.74) is 5.34. The van der Waals surface area contributed by atoms with Gasteiger partial charge < -0.3 is 20.1 Å². The van der Waals surface area contributed by atoms with Crippen molar-refractivity contribution >= 4 is 19.8 Å². The first-order chi connectivity index (χ1) is 26.8. The van der Waals surface area contributed by atoms with Crippen molar-refractivity contribution in [1.29, 1.82) is 0 Å². The van der Waals surface area contributed by atoms with Crippen molar-refractivity contribution in [3.05, 3.63) is 60.8 Å². The molecule has 0 heterocycles. The van der Waals surface area contributed by atoms with Gasteiger partial charge in [0, 0.05) is 19.4 Å². The van der Waals surface area contributed by atoms with Crippen molar-refractivity contribution in [2.75, 3.05) is 26.4 Å². The number of phosphoric acid groups is 1. The average molecular weight is 794 g/mol. The van der Waals surface area contributed by atoms with Crippen LogP contribution in [0.15, 0.2) is 60.8 Å². The number of hydrogen-bond donors (Lipinski definition) is 2. The summed E-state index contributed by atoms with van der Waals surface area (Å²) in [7, 11) is -4.39. The molecule has 0 fully saturated rings. The van der Waals surface area contributed by atoms with Gasteiger partial charge in [0.05, 0.1) is 13.2 Å². The van der Waals surface area contributed by atoms with Crippen LogP contribution in [0.3, 0.4) is 0 Å². The fourth-order valence-electron chi connectivity index (χ4n) is 5.68. The van der Waals surface area contributed by atoms with Gasteiger partial charge in [-0.25, -0.2) is 4.57 Å². The third-order valence-corrected chi connectivity index (χ3v) is 9.87. The fraction of sp³-hybridized carbons (Fsp3) is 0.733. The van der Waals surface area contributed by atoms with E-state index < -0.39 is 32.5 Å². The van der Waals surface area contributed by atoms with E-state index >= 15 is 0 Å². The molecule has 0 saturated heterocycles. The molecular formula is C45H80NO8P. The van der Waals surface area contributed by atoms with Crippen LogP contribution in [0.4, 0.5) is 0 Å². The highest BCUT2D eigenvalue weighted by Crippen LogP contribution is 2.43. The maximum absolute atomic E-state index is 12.6. The molecule has 0 rings (SSSR count). The smallest absolute Gasteiger partial charge is 0.462 e. The standard InChI is InChI=1S/C45H80NO8P/c1-3-5-7-9-11-13-15-17-19-20-21-22-24-26-28-30-32-34-36-38-45(48)54-43(42-53-55(49,50)52-40-39-46)41-51-44(47)37-35-33-31-29-27-25-23-18-16-14-12-10-8-6-4-2/h6,8,12,14,17-19,23,27,29,43H,3-5,7,9-11,13,15-16,20-22,24-26,28,30-42,46H2,1-2H3,(H,49,50)/b8-6-,14-12-,19-17-,23-18-,29-27-/t43-/m1/s1. The molecule has 0 amide bonds. The minimum absolute atomic E-state index is 0.0451. The first kappa shape index (κ1) is 52.7. The number of ether oxygens (including phenoxy) is 2. The second kappa shape index (κ2) is 41.3. The second-order valence-corrected chi connectivity index (χ2v) is 15.6. The summed E-state index contributed by atoms with van der Waals surface area (Å²) in [5, 5.41) is 0. The van der Waals surface area contributed by atoms with Gasteiger partial charge in [-0.15, -0.1) is 0 Å². The molecule has 55 heavy (non-hydrogen) atoms. The number of carbonyl (C=O) groups excluding carboxylic acids is 2. The quantitative estimate of drug-likeness (QED) is 0.0269. The highest BCUT2D eigenvalue weighted by Gasteiger charge is 2.26. The van der Waals surface area contributed by atoms with E-state index in [1.807, 2.05) is 0 Å². The van der Waals surface area contributed by atoms with E-state index in [1.54, 1.807) is 0 Å². The van der Waals surface area contributed by atoms with Crippen molar-refractivity contribution < 1.29 is 37.6 Å². The molecule has 318 valence electrons. The number of hydrogen-bond acceptors (Lipinski definition) is 8. The normalized spacial score (nSPS) is 13.9. The van der Waals surface area contributed by atoms with Crippen LogP contribution in [0.2, 0.25) is 0 Å². The van der Waals surface area contributed by atoms with Gasteiger partial charge in [0.25, 0.3) is 0 Å². The Morgan fingerprint density at radius 3 is 1.55 bits per heavy atom. The molecule has 10 heteroatoms. The zero-order valence-corrected chi connectivity index (χ0v) is 35.8. The Morgan fingerprint density at radius 2 is 1.00 bits per heavy atom. The van der Waals surface area contributed by atoms with Crippen LogP contribution < -0.4 is 5.73 Å². The lowest BCUT2D eigenvalue weighted by Crippen LogP contribution is -2.29. The Labute approximate surface area is 336 Å². The summed E-state index contributed by atoms with van der Waals surface area (Å²) < 4.78 is 32.7. The second-order valence-electron chi connectivity index (χ2n) is 14.2. The summed E-state index contributed by atoms with van der Waals surface area (Å²) in [4.78, 5) is 34.8. The number of allylic oxidation sites excluding steroid dienone is 10. The van der Waals surface area contributed by atoms with Crippen molar-refractivity contribution in [2.24, 2.45) is 5.73 Å². The Morgan fingerprint density at radius 1 is 0.564 bits per heavy atom. The lowest BCUT2D eigenvalue weighted by atomic mass is 10.1. The van der Waals surface area contributed by atoms with Crippen LogP contribution in [0.5, 0.6) is 0 Å². The minimum Gasteiger partial charge on any atom is -0.462 e. The Hall–Kier alpha value is -2.29. The van der Waals surface area contributed by atoms with Gasteiger partial charge in [-0.1, -0.05) is 152 Å². The van der Waals surface area contributed by atoms with Crippen molar-refractivity contribution in [2.45, 2.75) is 187 Å². The molecule has 0 aromatic carbocycles. The van der Waals surface area contributed by atoms with Gasteiger partial charge in [-0.05, 0) is 77.0 Å². The number of nitrogens with two attached hydrogens (primary N) is 1. The average Bonchev–Trinajstić information content (AvgIpc) is 3.17. The summed E-state index contributed by atoms with van der Waals surface area (Å²) in [6.45, 7) is 3.56. The Kier molecular flexibility index (Phi) is 39.6. The molecule has 0 aliphatic heterocycles. The van der Waals surface area contributed by atoms with E-state index in [1.165, 1.54) is 83.5 Å². The maximum Gasteiger partial charge on any atom is 0.472 e. The Balaban J connectivity index is 4.20. The molecule has 0 aliphatic carbocycles. The molecular weight excluding hydrogens is 713 g/mol. The lowest BCUT2D eigenvalue weighted by molar-refractivity contribution is -0.161. The third-order valence-electron chi connectivity index (χ3n) is 8.89. The number of carbonyl (C=O) groups is 2. The van der Waals surface area contributed by atoms with Crippen LogP contribution in [-0.2, 0) is 32.7 Å². The molecule has 0 aromatic heterocycles. The van der Waals surface area contributed by atoms with Crippen LogP contribution in [0, 0.1) is 0 Å². The number of rotatable bonds is 40. The van der Waals surface area contributed by atoms with Crippen LogP contribution in [0.1, 0.15) is 181 Å². The zero-order chi connectivity index (χ0) is 40.3. The molecule has 0 aromatic rings. The van der Waals surface area contributed by atoms with E-state index in [4.69, 9.17) is 24.3 Å². The predicted octanol–water partition coefficient (Wildman–Crippen LogP) is 12.5. The lowest BCUT2D eigenvalue weighted by Gasteiger charge is -2.19.